The summed E-state index contributed by atoms with van der Waals surface area (Å²) in [6.45, 7) is 2.52. The van der Waals surface area contributed by atoms with Gasteiger partial charge in [-0.25, -0.2) is 19.9 Å². The standard InChI is InChI=1S/C12H17F3N4O.C10H13F3N4/c13-12(14,15)9-1-6-17-10(18-9)19-7-3-11(20,2-5-16)4-8-19;1-14-7-3-5-17(6-7)9-15-4-2-8(16-9)10(11,12)13/h1,6,20H,2-5,7-8,16H2;2,4,7,14H,3,5-6H2,1H3. The molecule has 0 spiro atoms. The molecule has 0 aromatic carbocycles. The lowest BCUT2D eigenvalue weighted by Gasteiger charge is -2.38. The number of piperidine rings is 1. The van der Waals surface area contributed by atoms with Crippen LogP contribution in [0.4, 0.5) is 38.2 Å². The average Bonchev–Trinajstić information content (AvgIpc) is 3.34. The SMILES string of the molecule is CNC1CCN(c2nccc(C(F)(F)F)n2)C1.NCCC1(O)CCN(c2nccc(C(F)(F)F)n2)CC1. The highest BCUT2D eigenvalue weighted by atomic mass is 19.4. The number of hydrogen-bond acceptors (Lipinski definition) is 9. The zero-order valence-electron chi connectivity index (χ0n) is 20.2. The molecule has 0 amide bonds. The summed E-state index contributed by atoms with van der Waals surface area (Å²) in [5.41, 5.74) is 2.76. The summed E-state index contributed by atoms with van der Waals surface area (Å²) in [6.07, 6.45) is -4.37. The van der Waals surface area contributed by atoms with Crippen molar-refractivity contribution >= 4 is 11.9 Å². The van der Waals surface area contributed by atoms with Crippen LogP contribution in [0.2, 0.25) is 0 Å². The molecular formula is C22H30F6N8O. The summed E-state index contributed by atoms with van der Waals surface area (Å²) >= 11 is 0. The number of alkyl halides is 6. The van der Waals surface area contributed by atoms with E-state index in [4.69, 9.17) is 5.73 Å². The van der Waals surface area contributed by atoms with Crippen LogP contribution in [-0.4, -0.2) is 76.5 Å². The van der Waals surface area contributed by atoms with Gasteiger partial charge in [0.2, 0.25) is 11.9 Å². The van der Waals surface area contributed by atoms with Crippen molar-refractivity contribution in [2.24, 2.45) is 5.73 Å². The number of aromatic nitrogens is 4. The lowest BCUT2D eigenvalue weighted by Crippen LogP contribution is -2.46. The van der Waals surface area contributed by atoms with Crippen LogP contribution in [0.25, 0.3) is 0 Å². The molecule has 0 aliphatic carbocycles. The molecule has 0 radical (unpaired) electrons. The van der Waals surface area contributed by atoms with Gasteiger partial charge >= 0.3 is 12.4 Å². The molecule has 2 aromatic heterocycles. The minimum absolute atomic E-state index is 0.0506. The second-order valence-electron chi connectivity index (χ2n) is 8.95. The van der Waals surface area contributed by atoms with Gasteiger partial charge < -0.3 is 26.0 Å². The van der Waals surface area contributed by atoms with Crippen molar-refractivity contribution in [1.29, 1.82) is 0 Å². The second-order valence-corrected chi connectivity index (χ2v) is 8.95. The highest BCUT2D eigenvalue weighted by Gasteiger charge is 2.36. The van der Waals surface area contributed by atoms with Crippen LogP contribution in [0, 0.1) is 0 Å². The summed E-state index contributed by atoms with van der Waals surface area (Å²) < 4.78 is 75.2. The van der Waals surface area contributed by atoms with E-state index in [0.29, 0.717) is 52.0 Å². The Labute approximate surface area is 210 Å². The number of likely N-dealkylation sites (N-methyl/N-ethyl adjacent to an activating group) is 1. The summed E-state index contributed by atoms with van der Waals surface area (Å²) in [7, 11) is 1.83. The van der Waals surface area contributed by atoms with E-state index >= 15 is 0 Å². The predicted octanol–water partition coefficient (Wildman–Crippen LogP) is 2.47. The van der Waals surface area contributed by atoms with E-state index in [1.54, 1.807) is 9.80 Å². The van der Waals surface area contributed by atoms with E-state index < -0.39 is 29.3 Å². The largest absolute Gasteiger partial charge is 0.433 e. The van der Waals surface area contributed by atoms with Crippen molar-refractivity contribution in [3.63, 3.8) is 0 Å². The molecule has 9 nitrogen and oxygen atoms in total. The molecule has 206 valence electrons. The number of nitrogens with zero attached hydrogens (tertiary/aromatic N) is 6. The van der Waals surface area contributed by atoms with E-state index in [9.17, 15) is 31.4 Å². The minimum Gasteiger partial charge on any atom is -0.390 e. The van der Waals surface area contributed by atoms with Crippen molar-refractivity contribution in [3.05, 3.63) is 35.9 Å². The molecule has 0 saturated carbocycles. The Bertz CT molecular complexity index is 1010. The maximum absolute atomic E-state index is 12.6. The number of aliphatic hydroxyl groups is 1. The molecule has 2 aliphatic rings. The van der Waals surface area contributed by atoms with Crippen molar-refractivity contribution in [2.45, 2.75) is 49.7 Å². The maximum atomic E-state index is 12.6. The van der Waals surface area contributed by atoms with Gasteiger partial charge in [0.1, 0.15) is 11.4 Å². The van der Waals surface area contributed by atoms with Crippen LogP contribution in [0.15, 0.2) is 24.5 Å². The lowest BCUT2D eigenvalue weighted by atomic mass is 9.88. The molecule has 4 rings (SSSR count). The van der Waals surface area contributed by atoms with Gasteiger partial charge in [-0.2, -0.15) is 26.3 Å². The van der Waals surface area contributed by atoms with Gasteiger partial charge in [0.15, 0.2) is 0 Å². The number of anilines is 2. The van der Waals surface area contributed by atoms with Crippen molar-refractivity contribution in [3.8, 4) is 0 Å². The van der Waals surface area contributed by atoms with E-state index in [1.807, 2.05) is 7.05 Å². The van der Waals surface area contributed by atoms with Crippen molar-refractivity contribution in [2.75, 3.05) is 49.6 Å². The van der Waals surface area contributed by atoms with Crippen LogP contribution < -0.4 is 20.9 Å². The molecular weight excluding hydrogens is 506 g/mol. The summed E-state index contributed by atoms with van der Waals surface area (Å²) in [5.74, 6) is 0.201. The Hall–Kier alpha value is -2.78. The summed E-state index contributed by atoms with van der Waals surface area (Å²) in [5, 5.41) is 13.3. The smallest absolute Gasteiger partial charge is 0.390 e. The third kappa shape index (κ3) is 7.85. The summed E-state index contributed by atoms with van der Waals surface area (Å²) in [6, 6.07) is 2.01. The van der Waals surface area contributed by atoms with Crippen molar-refractivity contribution in [1.82, 2.24) is 25.3 Å². The zero-order valence-corrected chi connectivity index (χ0v) is 20.2. The third-order valence-electron chi connectivity index (χ3n) is 6.33. The van der Waals surface area contributed by atoms with Crippen LogP contribution in [-0.2, 0) is 12.4 Å². The Morgan fingerprint density at radius 3 is 1.89 bits per heavy atom. The molecule has 4 N–H and O–H groups in total. The Balaban J connectivity index is 0.000000208. The first-order valence-electron chi connectivity index (χ1n) is 11.7. The fraction of sp³-hybridized carbons (Fsp3) is 0.636. The second kappa shape index (κ2) is 11.7. The van der Waals surface area contributed by atoms with Crippen LogP contribution in [0.3, 0.4) is 0 Å². The molecule has 2 aromatic rings. The molecule has 15 heteroatoms. The minimum atomic E-state index is -4.48. The zero-order chi connectivity index (χ0) is 27.3. The summed E-state index contributed by atoms with van der Waals surface area (Å²) in [4.78, 5) is 18.3. The molecule has 4 heterocycles. The van der Waals surface area contributed by atoms with Crippen LogP contribution in [0.1, 0.15) is 37.1 Å². The van der Waals surface area contributed by atoms with E-state index in [2.05, 4.69) is 25.3 Å². The number of rotatable bonds is 5. The molecule has 1 atom stereocenters. The van der Waals surface area contributed by atoms with E-state index in [-0.39, 0.29) is 17.9 Å². The van der Waals surface area contributed by atoms with E-state index in [0.717, 1.165) is 30.9 Å². The predicted molar refractivity (Wildman–Crippen MR) is 124 cm³/mol. The van der Waals surface area contributed by atoms with Gasteiger partial charge in [-0.1, -0.05) is 0 Å². The first-order chi connectivity index (χ1) is 17.3. The monoisotopic (exact) mass is 536 g/mol. The molecule has 0 bridgehead atoms. The Morgan fingerprint density at radius 2 is 1.46 bits per heavy atom. The molecule has 2 saturated heterocycles. The van der Waals surface area contributed by atoms with E-state index in [1.165, 1.54) is 0 Å². The third-order valence-corrected chi connectivity index (χ3v) is 6.33. The average molecular weight is 537 g/mol. The lowest BCUT2D eigenvalue weighted by molar-refractivity contribution is -0.142. The fourth-order valence-electron chi connectivity index (χ4n) is 4.14. The first-order valence-corrected chi connectivity index (χ1v) is 11.7. The first kappa shape index (κ1) is 28.8. The number of nitrogens with one attached hydrogen (secondary N) is 1. The normalized spacial score (nSPS) is 20.0. The molecule has 37 heavy (non-hydrogen) atoms. The van der Waals surface area contributed by atoms with Crippen LogP contribution >= 0.6 is 0 Å². The number of halogens is 6. The molecule has 2 aliphatic heterocycles. The fourth-order valence-corrected chi connectivity index (χ4v) is 4.14. The van der Waals surface area contributed by atoms with Gasteiger partial charge in [0.25, 0.3) is 0 Å². The Morgan fingerprint density at radius 1 is 0.946 bits per heavy atom. The Kier molecular flexibility index (Phi) is 9.13. The molecule has 1 unspecified atom stereocenters. The topological polar surface area (TPSA) is 116 Å². The quantitative estimate of drug-likeness (QED) is 0.496. The number of hydrogen-bond donors (Lipinski definition) is 3. The van der Waals surface area contributed by atoms with Gasteiger partial charge in [-0.3, -0.25) is 0 Å². The van der Waals surface area contributed by atoms with Gasteiger partial charge in [0.05, 0.1) is 5.60 Å². The van der Waals surface area contributed by atoms with Crippen molar-refractivity contribution < 1.29 is 31.4 Å². The number of nitrogens with two attached hydrogens (primary N) is 1. The van der Waals surface area contributed by atoms with Crippen LogP contribution in [0.5, 0.6) is 0 Å². The highest BCUT2D eigenvalue weighted by Crippen LogP contribution is 2.31. The molecule has 2 fully saturated rings. The van der Waals surface area contributed by atoms with Gasteiger partial charge in [0, 0.05) is 44.6 Å². The van der Waals surface area contributed by atoms with Gasteiger partial charge in [-0.15, -0.1) is 0 Å². The van der Waals surface area contributed by atoms with Gasteiger partial charge in [-0.05, 0) is 51.4 Å². The maximum Gasteiger partial charge on any atom is 0.433 e. The highest BCUT2D eigenvalue weighted by molar-refractivity contribution is 5.33.